The van der Waals surface area contributed by atoms with Gasteiger partial charge in [0, 0.05) is 12.6 Å². The van der Waals surface area contributed by atoms with Crippen LogP contribution < -0.4 is 10.1 Å². The van der Waals surface area contributed by atoms with Crippen molar-refractivity contribution in [3.8, 4) is 5.75 Å². The van der Waals surface area contributed by atoms with Gasteiger partial charge >= 0.3 is 5.97 Å². The second kappa shape index (κ2) is 7.09. The lowest BCUT2D eigenvalue weighted by Crippen LogP contribution is -2.25. The molecule has 1 heterocycles. The van der Waals surface area contributed by atoms with E-state index in [0.717, 1.165) is 11.8 Å². The standard InChI is InChI=1S/C14H14N2O5/c17-13(11-9-12(14(18)19)21-16-11)15-7-4-8-20-10-5-2-1-3-6-10/h1-3,5-6,9H,4,7-8H2,(H,15,17)(H,18,19). The maximum atomic E-state index is 11.6. The highest BCUT2D eigenvalue weighted by molar-refractivity contribution is 5.94. The molecule has 2 rings (SSSR count). The molecule has 0 unspecified atom stereocenters. The van der Waals surface area contributed by atoms with Crippen LogP contribution in [0.2, 0.25) is 0 Å². The van der Waals surface area contributed by atoms with E-state index in [2.05, 4.69) is 15.0 Å². The highest BCUT2D eigenvalue weighted by atomic mass is 16.5. The predicted octanol–water partition coefficient (Wildman–Crippen LogP) is 1.57. The zero-order valence-electron chi connectivity index (χ0n) is 11.1. The van der Waals surface area contributed by atoms with Crippen LogP contribution in [-0.4, -0.2) is 35.3 Å². The number of aromatic carboxylic acids is 1. The van der Waals surface area contributed by atoms with Gasteiger partial charge in [-0.15, -0.1) is 0 Å². The Bertz CT molecular complexity index is 609. The van der Waals surface area contributed by atoms with Gasteiger partial charge in [0.15, 0.2) is 5.69 Å². The van der Waals surface area contributed by atoms with E-state index in [0.29, 0.717) is 19.6 Å². The molecule has 0 saturated carbocycles. The van der Waals surface area contributed by atoms with Gasteiger partial charge in [-0.3, -0.25) is 4.79 Å². The van der Waals surface area contributed by atoms with Gasteiger partial charge in [0.1, 0.15) is 5.75 Å². The molecular weight excluding hydrogens is 276 g/mol. The number of ether oxygens (including phenoxy) is 1. The number of amides is 1. The Kier molecular flexibility index (Phi) is 4.92. The zero-order valence-corrected chi connectivity index (χ0v) is 11.1. The SMILES string of the molecule is O=C(NCCCOc1ccccc1)c1cc(C(=O)O)on1. The van der Waals surface area contributed by atoms with Crippen molar-refractivity contribution >= 4 is 11.9 Å². The minimum atomic E-state index is -1.27. The fourth-order valence-corrected chi connectivity index (χ4v) is 1.55. The summed E-state index contributed by atoms with van der Waals surface area (Å²) in [6, 6.07) is 10.4. The highest BCUT2D eigenvalue weighted by Gasteiger charge is 2.15. The van der Waals surface area contributed by atoms with E-state index in [-0.39, 0.29) is 11.5 Å². The van der Waals surface area contributed by atoms with Crippen molar-refractivity contribution in [1.29, 1.82) is 0 Å². The summed E-state index contributed by atoms with van der Waals surface area (Å²) >= 11 is 0. The lowest BCUT2D eigenvalue weighted by atomic mass is 10.3. The van der Waals surface area contributed by atoms with Crippen LogP contribution in [0.15, 0.2) is 40.9 Å². The van der Waals surface area contributed by atoms with E-state index in [1.54, 1.807) is 0 Å². The second-order valence-corrected chi connectivity index (χ2v) is 4.15. The molecule has 0 aliphatic carbocycles. The molecule has 0 aliphatic rings. The first kappa shape index (κ1) is 14.6. The summed E-state index contributed by atoms with van der Waals surface area (Å²) in [5.74, 6) is -1.34. The highest BCUT2D eigenvalue weighted by Crippen LogP contribution is 2.08. The van der Waals surface area contributed by atoms with Crippen LogP contribution in [0.25, 0.3) is 0 Å². The molecule has 21 heavy (non-hydrogen) atoms. The molecule has 0 saturated heterocycles. The molecule has 1 aromatic heterocycles. The molecule has 0 fully saturated rings. The summed E-state index contributed by atoms with van der Waals surface area (Å²) in [7, 11) is 0. The summed E-state index contributed by atoms with van der Waals surface area (Å²) < 4.78 is 9.96. The number of carboxylic acid groups (broad SMARTS) is 1. The number of carbonyl (C=O) groups excluding carboxylic acids is 1. The van der Waals surface area contributed by atoms with Crippen LogP contribution in [-0.2, 0) is 0 Å². The van der Waals surface area contributed by atoms with Gasteiger partial charge in [0.2, 0.25) is 5.76 Å². The van der Waals surface area contributed by atoms with Crippen LogP contribution in [0.3, 0.4) is 0 Å². The van der Waals surface area contributed by atoms with Gasteiger partial charge in [0.05, 0.1) is 6.61 Å². The smallest absolute Gasteiger partial charge is 0.374 e. The maximum Gasteiger partial charge on any atom is 0.374 e. The van der Waals surface area contributed by atoms with Crippen molar-refractivity contribution < 1.29 is 24.0 Å². The number of hydrogen-bond acceptors (Lipinski definition) is 5. The number of para-hydroxylation sites is 1. The van der Waals surface area contributed by atoms with Crippen LogP contribution in [0.1, 0.15) is 27.5 Å². The van der Waals surface area contributed by atoms with Crippen molar-refractivity contribution in [3.63, 3.8) is 0 Å². The fraction of sp³-hybridized carbons (Fsp3) is 0.214. The topological polar surface area (TPSA) is 102 Å². The van der Waals surface area contributed by atoms with E-state index in [1.807, 2.05) is 30.3 Å². The van der Waals surface area contributed by atoms with E-state index in [4.69, 9.17) is 9.84 Å². The first-order valence-electron chi connectivity index (χ1n) is 6.33. The van der Waals surface area contributed by atoms with Gasteiger partial charge in [0.25, 0.3) is 5.91 Å². The van der Waals surface area contributed by atoms with E-state index in [9.17, 15) is 9.59 Å². The Morgan fingerprint density at radius 2 is 2.05 bits per heavy atom. The molecule has 110 valence electrons. The normalized spacial score (nSPS) is 10.1. The summed E-state index contributed by atoms with van der Waals surface area (Å²) in [6.07, 6.45) is 0.615. The average Bonchev–Trinajstić information content (AvgIpc) is 2.98. The molecule has 0 radical (unpaired) electrons. The molecule has 0 bridgehead atoms. The molecule has 2 N–H and O–H groups in total. The third-order valence-corrected chi connectivity index (χ3v) is 2.57. The van der Waals surface area contributed by atoms with Gasteiger partial charge in [-0.05, 0) is 18.6 Å². The first-order valence-corrected chi connectivity index (χ1v) is 6.33. The largest absolute Gasteiger partial charge is 0.494 e. The molecule has 2 aromatic rings. The van der Waals surface area contributed by atoms with E-state index in [1.165, 1.54) is 0 Å². The third kappa shape index (κ3) is 4.34. The monoisotopic (exact) mass is 290 g/mol. The number of carbonyl (C=O) groups is 2. The number of nitrogens with zero attached hydrogens (tertiary/aromatic N) is 1. The number of aromatic nitrogens is 1. The summed E-state index contributed by atoms with van der Waals surface area (Å²) in [5, 5.41) is 14.6. The Labute approximate surface area is 120 Å². The number of rotatable bonds is 7. The van der Waals surface area contributed by atoms with Gasteiger partial charge in [-0.25, -0.2) is 4.79 Å². The Morgan fingerprint density at radius 1 is 1.29 bits per heavy atom. The molecule has 1 aromatic carbocycles. The lowest BCUT2D eigenvalue weighted by Gasteiger charge is -2.06. The Hall–Kier alpha value is -2.83. The molecular formula is C14H14N2O5. The summed E-state index contributed by atoms with van der Waals surface area (Å²) in [4.78, 5) is 22.2. The van der Waals surface area contributed by atoms with Gasteiger partial charge < -0.3 is 19.7 Å². The van der Waals surface area contributed by atoms with Crippen molar-refractivity contribution in [3.05, 3.63) is 47.9 Å². The van der Waals surface area contributed by atoms with Crippen LogP contribution in [0.5, 0.6) is 5.75 Å². The van der Waals surface area contributed by atoms with Crippen LogP contribution in [0, 0.1) is 0 Å². The zero-order chi connectivity index (χ0) is 15.1. The molecule has 1 amide bonds. The Morgan fingerprint density at radius 3 is 2.71 bits per heavy atom. The van der Waals surface area contributed by atoms with Crippen molar-refractivity contribution in [2.75, 3.05) is 13.2 Å². The minimum Gasteiger partial charge on any atom is -0.494 e. The van der Waals surface area contributed by atoms with Crippen molar-refractivity contribution in [2.24, 2.45) is 0 Å². The third-order valence-electron chi connectivity index (χ3n) is 2.57. The molecule has 7 heteroatoms. The van der Waals surface area contributed by atoms with Gasteiger partial charge in [-0.1, -0.05) is 23.4 Å². The maximum absolute atomic E-state index is 11.6. The van der Waals surface area contributed by atoms with Gasteiger partial charge in [-0.2, -0.15) is 0 Å². The lowest BCUT2D eigenvalue weighted by molar-refractivity contribution is 0.0651. The molecule has 0 spiro atoms. The van der Waals surface area contributed by atoms with Crippen molar-refractivity contribution in [1.82, 2.24) is 10.5 Å². The van der Waals surface area contributed by atoms with Crippen LogP contribution in [0.4, 0.5) is 0 Å². The fourth-order valence-electron chi connectivity index (χ4n) is 1.55. The molecule has 0 atom stereocenters. The molecule has 0 aliphatic heterocycles. The minimum absolute atomic E-state index is 0.0589. The average molecular weight is 290 g/mol. The molecule has 7 nitrogen and oxygen atoms in total. The van der Waals surface area contributed by atoms with E-state index < -0.39 is 11.9 Å². The first-order chi connectivity index (χ1) is 10.2. The van der Waals surface area contributed by atoms with Crippen LogP contribution >= 0.6 is 0 Å². The quantitative estimate of drug-likeness (QED) is 0.750. The Balaban J connectivity index is 1.68. The van der Waals surface area contributed by atoms with Crippen molar-refractivity contribution in [2.45, 2.75) is 6.42 Å². The predicted molar refractivity (Wildman–Crippen MR) is 72.3 cm³/mol. The number of carboxylic acids is 1. The summed E-state index contributed by atoms with van der Waals surface area (Å²) in [6.45, 7) is 0.852. The number of nitrogens with one attached hydrogen (secondary N) is 1. The summed E-state index contributed by atoms with van der Waals surface area (Å²) in [5.41, 5.74) is -0.0589. The number of benzene rings is 1. The van der Waals surface area contributed by atoms with E-state index >= 15 is 0 Å². The second-order valence-electron chi connectivity index (χ2n) is 4.15. The number of hydrogen-bond donors (Lipinski definition) is 2.